The topological polar surface area (TPSA) is 66.8 Å². The average molecular weight is 496 g/mol. The summed E-state index contributed by atoms with van der Waals surface area (Å²) >= 11 is 12.4. The monoisotopic (exact) mass is 495 g/mol. The minimum Gasteiger partial charge on any atom is -0.489 e. The summed E-state index contributed by atoms with van der Waals surface area (Å²) in [4.78, 5) is 26.6. The number of amides is 1. The van der Waals surface area contributed by atoms with Crippen LogP contribution in [0, 0.1) is 0 Å². The first-order valence-corrected chi connectivity index (χ1v) is 11.5. The van der Waals surface area contributed by atoms with Gasteiger partial charge in [0.2, 0.25) is 0 Å². The number of nitrogens with zero attached hydrogens (tertiary/aromatic N) is 1. The van der Waals surface area contributed by atoms with Gasteiger partial charge in [0.25, 0.3) is 5.91 Å². The zero-order chi connectivity index (χ0) is 23.4. The molecule has 1 aliphatic rings. The molecule has 33 heavy (non-hydrogen) atoms. The van der Waals surface area contributed by atoms with Crippen LogP contribution in [0.2, 0.25) is 5.02 Å². The van der Waals surface area contributed by atoms with Crippen molar-refractivity contribution in [3.8, 4) is 5.75 Å². The molecule has 1 amide bonds. The predicted molar refractivity (Wildman–Crippen MR) is 134 cm³/mol. The van der Waals surface area contributed by atoms with Gasteiger partial charge >= 0.3 is 5.97 Å². The van der Waals surface area contributed by atoms with Gasteiger partial charge in [0, 0.05) is 5.02 Å². The molecule has 1 saturated heterocycles. The fraction of sp³-hybridized carbons (Fsp3) is 0.0800. The Hall–Kier alpha value is -3.13. The highest BCUT2D eigenvalue weighted by Gasteiger charge is 2.41. The Bertz CT molecular complexity index is 1230. The second-order valence-electron chi connectivity index (χ2n) is 7.19. The van der Waals surface area contributed by atoms with Gasteiger partial charge in [-0.1, -0.05) is 90.2 Å². The molecule has 8 heteroatoms. The van der Waals surface area contributed by atoms with E-state index in [9.17, 15) is 14.7 Å². The first-order valence-electron chi connectivity index (χ1n) is 9.94. The standard InChI is InChI=1S/C25H18ClNO4S2/c26-19-11-9-16(10-12-19)15-31-20-8-4-5-17(13-20)14-21-23(28)27(25(32)33-21)22(24(29)30)18-6-2-1-3-7-18/h1-14,22H,15H2,(H,29,30)/b21-14+. The van der Waals surface area contributed by atoms with Gasteiger partial charge in [0.15, 0.2) is 6.04 Å². The summed E-state index contributed by atoms with van der Waals surface area (Å²) in [7, 11) is 0. The number of carbonyl (C=O) groups is 2. The summed E-state index contributed by atoms with van der Waals surface area (Å²) in [5.74, 6) is -0.938. The minimum atomic E-state index is -1.18. The Kier molecular flexibility index (Phi) is 7.13. The van der Waals surface area contributed by atoms with Crippen LogP contribution in [0.15, 0.2) is 83.8 Å². The van der Waals surface area contributed by atoms with Crippen molar-refractivity contribution in [2.24, 2.45) is 0 Å². The molecule has 4 rings (SSSR count). The number of carboxylic acid groups (broad SMARTS) is 1. The quantitative estimate of drug-likeness (QED) is 0.323. The molecule has 166 valence electrons. The molecule has 1 atom stereocenters. The van der Waals surface area contributed by atoms with E-state index in [0.717, 1.165) is 27.8 Å². The van der Waals surface area contributed by atoms with Crippen molar-refractivity contribution in [3.05, 3.63) is 105 Å². The van der Waals surface area contributed by atoms with Crippen molar-refractivity contribution < 1.29 is 19.4 Å². The average Bonchev–Trinajstić information content (AvgIpc) is 3.07. The van der Waals surface area contributed by atoms with Crippen LogP contribution in [0.25, 0.3) is 6.08 Å². The Balaban J connectivity index is 1.53. The maximum atomic E-state index is 13.1. The lowest BCUT2D eigenvalue weighted by Gasteiger charge is -2.23. The second kappa shape index (κ2) is 10.2. The van der Waals surface area contributed by atoms with Gasteiger partial charge in [-0.3, -0.25) is 9.69 Å². The molecule has 3 aromatic rings. The molecule has 0 aromatic heterocycles. The summed E-state index contributed by atoms with van der Waals surface area (Å²) < 4.78 is 6.06. The number of benzene rings is 3. The zero-order valence-corrected chi connectivity index (χ0v) is 19.6. The Morgan fingerprint density at radius 1 is 1.09 bits per heavy atom. The highest BCUT2D eigenvalue weighted by atomic mass is 35.5. The van der Waals surface area contributed by atoms with Crippen LogP contribution < -0.4 is 4.74 Å². The van der Waals surface area contributed by atoms with Gasteiger partial charge in [0.1, 0.15) is 16.7 Å². The van der Waals surface area contributed by atoms with Crippen molar-refractivity contribution in [1.29, 1.82) is 0 Å². The lowest BCUT2D eigenvalue weighted by atomic mass is 10.1. The van der Waals surface area contributed by atoms with Crippen molar-refractivity contribution in [3.63, 3.8) is 0 Å². The molecule has 0 radical (unpaired) electrons. The largest absolute Gasteiger partial charge is 0.489 e. The van der Waals surface area contributed by atoms with E-state index in [1.54, 1.807) is 48.5 Å². The van der Waals surface area contributed by atoms with E-state index in [1.807, 2.05) is 36.4 Å². The van der Waals surface area contributed by atoms with E-state index in [1.165, 1.54) is 0 Å². The van der Waals surface area contributed by atoms with Crippen LogP contribution in [0.3, 0.4) is 0 Å². The molecule has 0 aliphatic carbocycles. The van der Waals surface area contributed by atoms with Gasteiger partial charge in [0.05, 0.1) is 4.91 Å². The highest BCUT2D eigenvalue weighted by Crippen LogP contribution is 2.38. The number of rotatable bonds is 7. The Labute approximate surface area is 205 Å². The van der Waals surface area contributed by atoms with Crippen LogP contribution in [0.4, 0.5) is 0 Å². The van der Waals surface area contributed by atoms with E-state index in [4.69, 9.17) is 28.6 Å². The van der Waals surface area contributed by atoms with Crippen LogP contribution in [-0.2, 0) is 16.2 Å². The summed E-state index contributed by atoms with van der Waals surface area (Å²) in [6.45, 7) is 0.375. The summed E-state index contributed by atoms with van der Waals surface area (Å²) in [5, 5.41) is 10.5. The second-order valence-corrected chi connectivity index (χ2v) is 9.30. The Morgan fingerprint density at radius 3 is 2.52 bits per heavy atom. The Morgan fingerprint density at radius 2 is 1.82 bits per heavy atom. The predicted octanol–water partition coefficient (Wildman–Crippen LogP) is 5.95. The van der Waals surface area contributed by atoms with Gasteiger partial charge in [-0.2, -0.15) is 0 Å². The van der Waals surface area contributed by atoms with Crippen LogP contribution in [0.1, 0.15) is 22.7 Å². The van der Waals surface area contributed by atoms with Crippen molar-refractivity contribution in [1.82, 2.24) is 4.90 Å². The molecule has 1 aliphatic heterocycles. The number of ether oxygens (including phenoxy) is 1. The van der Waals surface area contributed by atoms with Crippen molar-refractivity contribution in [2.45, 2.75) is 12.6 Å². The van der Waals surface area contributed by atoms with Crippen molar-refractivity contribution in [2.75, 3.05) is 0 Å². The first-order chi connectivity index (χ1) is 15.9. The van der Waals surface area contributed by atoms with Gasteiger partial charge in [-0.05, 0) is 47.0 Å². The summed E-state index contributed by atoms with van der Waals surface area (Å²) in [6.07, 6.45) is 1.69. The lowest BCUT2D eigenvalue weighted by molar-refractivity contribution is -0.145. The van der Waals surface area contributed by atoms with Crippen molar-refractivity contribution >= 4 is 57.9 Å². The number of carbonyl (C=O) groups excluding carboxylic acids is 1. The van der Waals surface area contributed by atoms with E-state index in [0.29, 0.717) is 27.8 Å². The van der Waals surface area contributed by atoms with E-state index < -0.39 is 17.9 Å². The van der Waals surface area contributed by atoms with E-state index >= 15 is 0 Å². The lowest BCUT2D eigenvalue weighted by Crippen LogP contribution is -2.37. The number of carboxylic acids is 1. The number of aliphatic carboxylic acids is 1. The molecule has 0 spiro atoms. The molecule has 1 heterocycles. The maximum absolute atomic E-state index is 13.1. The van der Waals surface area contributed by atoms with Crippen LogP contribution in [0.5, 0.6) is 5.75 Å². The molecule has 3 aromatic carbocycles. The number of hydrogen-bond donors (Lipinski definition) is 1. The first kappa shape index (κ1) is 23.0. The molecule has 1 N–H and O–H groups in total. The van der Waals surface area contributed by atoms with E-state index in [-0.39, 0.29) is 4.32 Å². The van der Waals surface area contributed by atoms with Gasteiger partial charge in [-0.15, -0.1) is 0 Å². The highest BCUT2D eigenvalue weighted by molar-refractivity contribution is 8.26. The molecule has 1 unspecified atom stereocenters. The molecule has 0 saturated carbocycles. The third-order valence-electron chi connectivity index (χ3n) is 4.91. The number of hydrogen-bond acceptors (Lipinski definition) is 5. The molecule has 0 bridgehead atoms. The normalized spacial score (nSPS) is 15.7. The smallest absolute Gasteiger partial charge is 0.331 e. The third kappa shape index (κ3) is 5.45. The fourth-order valence-corrected chi connectivity index (χ4v) is 4.77. The molecule has 1 fully saturated rings. The summed E-state index contributed by atoms with van der Waals surface area (Å²) in [6, 6.07) is 22.1. The summed E-state index contributed by atoms with van der Waals surface area (Å²) in [5.41, 5.74) is 2.21. The van der Waals surface area contributed by atoms with Crippen LogP contribution >= 0.6 is 35.6 Å². The third-order valence-corrected chi connectivity index (χ3v) is 6.49. The maximum Gasteiger partial charge on any atom is 0.331 e. The molecular formula is C25H18ClNO4S2. The van der Waals surface area contributed by atoms with Gasteiger partial charge < -0.3 is 9.84 Å². The number of thiocarbonyl (C=S) groups is 1. The molecule has 5 nitrogen and oxygen atoms in total. The zero-order valence-electron chi connectivity index (χ0n) is 17.2. The van der Waals surface area contributed by atoms with Crippen LogP contribution in [-0.4, -0.2) is 26.2 Å². The number of halogens is 1. The number of thioether (sulfide) groups is 1. The van der Waals surface area contributed by atoms with Gasteiger partial charge in [-0.25, -0.2) is 4.79 Å². The minimum absolute atomic E-state index is 0.206. The SMILES string of the molecule is O=C(O)C(c1ccccc1)N1C(=O)/C(=C\c2cccc(OCc3ccc(Cl)cc3)c2)SC1=S. The van der Waals surface area contributed by atoms with E-state index in [2.05, 4.69) is 0 Å². The fourth-order valence-electron chi connectivity index (χ4n) is 3.33. The molecular weight excluding hydrogens is 478 g/mol.